The van der Waals surface area contributed by atoms with Crippen LogP contribution in [0.25, 0.3) is 11.3 Å². The van der Waals surface area contributed by atoms with E-state index in [-0.39, 0.29) is 5.91 Å². The fraction of sp³-hybridized carbons (Fsp3) is 0.346. The summed E-state index contributed by atoms with van der Waals surface area (Å²) in [7, 11) is 0. The van der Waals surface area contributed by atoms with E-state index in [1.165, 1.54) is 19.3 Å². The third-order valence-corrected chi connectivity index (χ3v) is 5.98. The van der Waals surface area contributed by atoms with Crippen LogP contribution in [0.15, 0.2) is 54.6 Å². The maximum Gasteiger partial charge on any atom is 0.265 e. The fourth-order valence-corrected chi connectivity index (χ4v) is 3.87. The number of aryl methyl sites for hydroxylation is 1. The molecule has 166 valence electrons. The number of carbonyl (C=O) groups is 1. The summed E-state index contributed by atoms with van der Waals surface area (Å²) in [6, 6.07) is 17.5. The first-order valence-corrected chi connectivity index (χ1v) is 11.2. The second-order valence-corrected chi connectivity index (χ2v) is 8.35. The minimum Gasteiger partial charge on any atom is -0.481 e. The highest BCUT2D eigenvalue weighted by atomic mass is 16.5. The van der Waals surface area contributed by atoms with Crippen LogP contribution >= 0.6 is 0 Å². The summed E-state index contributed by atoms with van der Waals surface area (Å²) in [6.45, 7) is 7.86. The maximum atomic E-state index is 12.7. The number of hydrogen-bond donors (Lipinski definition) is 1. The highest BCUT2D eigenvalue weighted by Crippen LogP contribution is 2.24. The van der Waals surface area contributed by atoms with E-state index in [0.717, 1.165) is 47.0 Å². The first kappa shape index (κ1) is 21.8. The van der Waals surface area contributed by atoms with Gasteiger partial charge in [-0.15, -0.1) is 10.2 Å². The molecule has 0 spiro atoms. The lowest BCUT2D eigenvalue weighted by Gasteiger charge is -2.27. The summed E-state index contributed by atoms with van der Waals surface area (Å²) in [4.78, 5) is 15.0. The lowest BCUT2D eigenvalue weighted by Crippen LogP contribution is -2.30. The Morgan fingerprint density at radius 3 is 2.53 bits per heavy atom. The minimum absolute atomic E-state index is 0.199. The van der Waals surface area contributed by atoms with E-state index < -0.39 is 6.10 Å². The second kappa shape index (κ2) is 9.81. The zero-order valence-corrected chi connectivity index (χ0v) is 19.0. The Hall–Kier alpha value is -3.41. The molecular formula is C26H30N4O2. The first-order valence-electron chi connectivity index (χ1n) is 11.2. The summed E-state index contributed by atoms with van der Waals surface area (Å²) >= 11 is 0. The van der Waals surface area contributed by atoms with Gasteiger partial charge in [0.25, 0.3) is 5.91 Å². The van der Waals surface area contributed by atoms with Gasteiger partial charge in [-0.25, -0.2) is 0 Å². The van der Waals surface area contributed by atoms with Crippen molar-refractivity contribution < 1.29 is 9.53 Å². The molecule has 32 heavy (non-hydrogen) atoms. The number of benzene rings is 2. The number of carbonyl (C=O) groups excluding carboxylic acids is 1. The molecule has 0 saturated carbocycles. The van der Waals surface area contributed by atoms with Crippen LogP contribution in [0.2, 0.25) is 0 Å². The van der Waals surface area contributed by atoms with Crippen molar-refractivity contribution in [3.05, 3.63) is 65.7 Å². The quantitative estimate of drug-likeness (QED) is 0.585. The van der Waals surface area contributed by atoms with E-state index in [1.807, 2.05) is 68.4 Å². The molecule has 1 aliphatic heterocycles. The Morgan fingerprint density at radius 1 is 1.00 bits per heavy atom. The van der Waals surface area contributed by atoms with Crippen LogP contribution < -0.4 is 15.0 Å². The summed E-state index contributed by atoms with van der Waals surface area (Å²) in [5.74, 6) is 1.45. The molecule has 1 unspecified atom stereocenters. The number of rotatable bonds is 6. The van der Waals surface area contributed by atoms with E-state index >= 15 is 0 Å². The number of hydrogen-bond acceptors (Lipinski definition) is 5. The highest BCUT2D eigenvalue weighted by Gasteiger charge is 2.17. The van der Waals surface area contributed by atoms with Crippen LogP contribution in [-0.2, 0) is 4.79 Å². The Balaban J connectivity index is 1.42. The third kappa shape index (κ3) is 5.07. The zero-order valence-electron chi connectivity index (χ0n) is 19.0. The molecule has 1 aromatic heterocycles. The molecule has 0 aliphatic carbocycles. The van der Waals surface area contributed by atoms with E-state index in [9.17, 15) is 4.79 Å². The SMILES string of the molecule is Cc1cccc(OC(C)C(=O)Nc2cccc(-c3ccc(N4CCCCC4)nn3)c2)c1C. The Kier molecular flexibility index (Phi) is 6.69. The van der Waals surface area contributed by atoms with Crippen molar-refractivity contribution in [2.75, 3.05) is 23.3 Å². The molecule has 0 bridgehead atoms. The van der Waals surface area contributed by atoms with Gasteiger partial charge in [0.1, 0.15) is 5.75 Å². The molecule has 1 amide bonds. The molecule has 6 heteroatoms. The standard InChI is InChI=1S/C26H30N4O2/c1-18-9-7-12-24(19(18)2)32-20(3)26(31)27-22-11-8-10-21(17-22)23-13-14-25(29-28-23)30-15-5-4-6-16-30/h7-14,17,20H,4-6,15-16H2,1-3H3,(H,27,31). The van der Waals surface area contributed by atoms with Crippen LogP contribution in [0.5, 0.6) is 5.75 Å². The largest absolute Gasteiger partial charge is 0.481 e. The summed E-state index contributed by atoms with van der Waals surface area (Å²) in [5.41, 5.74) is 4.56. The molecule has 6 nitrogen and oxygen atoms in total. The molecule has 2 aromatic carbocycles. The van der Waals surface area contributed by atoms with Crippen molar-refractivity contribution in [2.45, 2.75) is 46.1 Å². The zero-order chi connectivity index (χ0) is 22.5. The highest BCUT2D eigenvalue weighted by molar-refractivity contribution is 5.94. The van der Waals surface area contributed by atoms with Crippen LogP contribution in [0.3, 0.4) is 0 Å². The van der Waals surface area contributed by atoms with E-state index in [0.29, 0.717) is 5.69 Å². The molecule has 1 fully saturated rings. The topological polar surface area (TPSA) is 67.3 Å². The van der Waals surface area contributed by atoms with Crippen LogP contribution in [0.4, 0.5) is 11.5 Å². The number of anilines is 2. The van der Waals surface area contributed by atoms with Crippen molar-refractivity contribution in [1.82, 2.24) is 10.2 Å². The van der Waals surface area contributed by atoms with E-state index in [2.05, 4.69) is 20.4 Å². The summed E-state index contributed by atoms with van der Waals surface area (Å²) < 4.78 is 5.91. The number of nitrogens with one attached hydrogen (secondary N) is 1. The normalized spacial score (nSPS) is 14.7. The van der Waals surface area contributed by atoms with Gasteiger partial charge in [0.15, 0.2) is 11.9 Å². The van der Waals surface area contributed by atoms with Crippen LogP contribution in [0, 0.1) is 13.8 Å². The molecule has 1 N–H and O–H groups in total. The van der Waals surface area contributed by atoms with Crippen LogP contribution in [0.1, 0.15) is 37.3 Å². The number of aromatic nitrogens is 2. The van der Waals surface area contributed by atoms with Crippen molar-refractivity contribution in [3.8, 4) is 17.0 Å². The summed E-state index contributed by atoms with van der Waals surface area (Å²) in [5, 5.41) is 11.8. The van der Waals surface area contributed by atoms with E-state index in [4.69, 9.17) is 4.74 Å². The third-order valence-electron chi connectivity index (χ3n) is 5.98. The predicted molar refractivity (Wildman–Crippen MR) is 128 cm³/mol. The van der Waals surface area contributed by atoms with Crippen molar-refractivity contribution in [1.29, 1.82) is 0 Å². The summed E-state index contributed by atoms with van der Waals surface area (Å²) in [6.07, 6.45) is 3.07. The smallest absolute Gasteiger partial charge is 0.265 e. The molecule has 1 saturated heterocycles. The maximum absolute atomic E-state index is 12.7. The van der Waals surface area contributed by atoms with Gasteiger partial charge in [-0.2, -0.15) is 0 Å². The minimum atomic E-state index is -0.622. The average molecular weight is 431 g/mol. The number of piperidine rings is 1. The molecule has 0 radical (unpaired) electrons. The first-order chi connectivity index (χ1) is 15.5. The fourth-order valence-electron chi connectivity index (χ4n) is 3.87. The molecule has 2 heterocycles. The number of nitrogens with zero attached hydrogens (tertiary/aromatic N) is 3. The van der Waals surface area contributed by atoms with Gasteiger partial charge >= 0.3 is 0 Å². The van der Waals surface area contributed by atoms with Crippen LogP contribution in [-0.4, -0.2) is 35.3 Å². The molecular weight excluding hydrogens is 400 g/mol. The average Bonchev–Trinajstić information content (AvgIpc) is 2.83. The lowest BCUT2D eigenvalue weighted by molar-refractivity contribution is -0.122. The molecule has 4 rings (SSSR count). The Bertz CT molecular complexity index is 1080. The van der Waals surface area contributed by atoms with Gasteiger partial charge in [0.05, 0.1) is 5.69 Å². The Labute approximate surface area is 189 Å². The molecule has 1 atom stereocenters. The number of amides is 1. The van der Waals surface area contributed by atoms with E-state index in [1.54, 1.807) is 6.92 Å². The van der Waals surface area contributed by atoms with Gasteiger partial charge in [0, 0.05) is 24.3 Å². The van der Waals surface area contributed by atoms with Crippen molar-refractivity contribution in [2.24, 2.45) is 0 Å². The van der Waals surface area contributed by atoms with Gasteiger partial charge in [-0.05, 0) is 81.5 Å². The second-order valence-electron chi connectivity index (χ2n) is 8.35. The van der Waals surface area contributed by atoms with Crippen molar-refractivity contribution >= 4 is 17.4 Å². The lowest BCUT2D eigenvalue weighted by atomic mass is 10.1. The Morgan fingerprint density at radius 2 is 1.78 bits per heavy atom. The molecule has 3 aromatic rings. The monoisotopic (exact) mass is 430 g/mol. The predicted octanol–water partition coefficient (Wildman–Crippen LogP) is 5.16. The van der Waals surface area contributed by atoms with Gasteiger partial charge in [-0.1, -0.05) is 24.3 Å². The molecule has 1 aliphatic rings. The van der Waals surface area contributed by atoms with Gasteiger partial charge in [-0.3, -0.25) is 4.79 Å². The number of ether oxygens (including phenoxy) is 1. The van der Waals surface area contributed by atoms with Gasteiger partial charge in [0.2, 0.25) is 0 Å². The van der Waals surface area contributed by atoms with Crippen molar-refractivity contribution in [3.63, 3.8) is 0 Å². The van der Waals surface area contributed by atoms with Gasteiger partial charge < -0.3 is 15.0 Å².